The molecule has 1 atom stereocenters. The van der Waals surface area contributed by atoms with Crippen LogP contribution in [0.25, 0.3) is 0 Å². The van der Waals surface area contributed by atoms with E-state index in [9.17, 15) is 8.42 Å². The zero-order valence-corrected chi connectivity index (χ0v) is 13.4. The average Bonchev–Trinajstić information content (AvgIpc) is 2.53. The van der Waals surface area contributed by atoms with Crippen LogP contribution in [0.3, 0.4) is 0 Å². The normalized spacial score (nSPS) is 13.8. The first kappa shape index (κ1) is 15.7. The van der Waals surface area contributed by atoms with Gasteiger partial charge < -0.3 is 5.73 Å². The number of sulfone groups is 1. The first-order chi connectivity index (χ1) is 8.28. The van der Waals surface area contributed by atoms with Crippen LogP contribution in [0.2, 0.25) is 0 Å². The van der Waals surface area contributed by atoms with Gasteiger partial charge in [0.15, 0.2) is 0 Å². The van der Waals surface area contributed by atoms with Crippen molar-refractivity contribution in [1.29, 1.82) is 0 Å². The molecule has 0 aliphatic heterocycles. The molecule has 1 aromatic rings. The molecule has 0 saturated heterocycles. The van der Waals surface area contributed by atoms with Gasteiger partial charge in [0, 0.05) is 25.3 Å². The predicted octanol–water partition coefficient (Wildman–Crippen LogP) is 1.14. The Hall–Kier alpha value is -0.400. The van der Waals surface area contributed by atoms with E-state index in [-0.39, 0.29) is 5.75 Å². The van der Waals surface area contributed by atoms with Crippen LogP contribution in [0.5, 0.6) is 0 Å². The van der Waals surface area contributed by atoms with Gasteiger partial charge in [-0.15, -0.1) is 0 Å². The quantitative estimate of drug-likeness (QED) is 0.844. The fourth-order valence-electron chi connectivity index (χ4n) is 1.91. The van der Waals surface area contributed by atoms with Gasteiger partial charge in [0.2, 0.25) is 0 Å². The van der Waals surface area contributed by atoms with Crippen LogP contribution >= 0.6 is 15.9 Å². The third-order valence-electron chi connectivity index (χ3n) is 2.67. The van der Waals surface area contributed by atoms with Crippen molar-refractivity contribution in [1.82, 2.24) is 9.78 Å². The van der Waals surface area contributed by atoms with Crippen molar-refractivity contribution in [3.63, 3.8) is 0 Å². The lowest BCUT2D eigenvalue weighted by Gasteiger charge is -2.12. The van der Waals surface area contributed by atoms with E-state index in [2.05, 4.69) is 21.0 Å². The topological polar surface area (TPSA) is 78.0 Å². The van der Waals surface area contributed by atoms with E-state index in [4.69, 9.17) is 5.73 Å². The van der Waals surface area contributed by atoms with Crippen molar-refractivity contribution in [2.45, 2.75) is 39.3 Å². The number of halogens is 1. The Balaban J connectivity index is 2.93. The number of rotatable bonds is 6. The zero-order chi connectivity index (χ0) is 13.9. The molecule has 7 heteroatoms. The fraction of sp³-hybridized carbons (Fsp3) is 0.727. The summed E-state index contributed by atoms with van der Waals surface area (Å²) in [6.07, 6.45) is 2.55. The van der Waals surface area contributed by atoms with Gasteiger partial charge in [0.1, 0.15) is 9.84 Å². The van der Waals surface area contributed by atoms with Crippen LogP contribution in [0, 0.1) is 0 Å². The van der Waals surface area contributed by atoms with Crippen LogP contribution < -0.4 is 5.73 Å². The summed E-state index contributed by atoms with van der Waals surface area (Å²) in [5, 5.41) is 4.46. The van der Waals surface area contributed by atoms with Gasteiger partial charge >= 0.3 is 0 Å². The summed E-state index contributed by atoms with van der Waals surface area (Å²) in [6.45, 7) is 4.79. The van der Waals surface area contributed by atoms with Gasteiger partial charge in [-0.3, -0.25) is 4.68 Å². The second-order valence-corrected chi connectivity index (χ2v) is 7.41. The molecule has 0 amide bonds. The van der Waals surface area contributed by atoms with Crippen molar-refractivity contribution in [3.05, 3.63) is 15.9 Å². The second kappa shape index (κ2) is 6.16. The van der Waals surface area contributed by atoms with Crippen LogP contribution in [-0.4, -0.2) is 36.2 Å². The number of aromatic nitrogens is 2. The molecule has 1 rings (SSSR count). The average molecular weight is 338 g/mol. The molecule has 0 saturated carbocycles. The maximum absolute atomic E-state index is 11.2. The molecule has 18 heavy (non-hydrogen) atoms. The highest BCUT2D eigenvalue weighted by Gasteiger charge is 2.18. The van der Waals surface area contributed by atoms with Gasteiger partial charge in [-0.1, -0.05) is 6.92 Å². The van der Waals surface area contributed by atoms with E-state index < -0.39 is 15.9 Å². The van der Waals surface area contributed by atoms with Crippen molar-refractivity contribution < 1.29 is 8.42 Å². The van der Waals surface area contributed by atoms with Gasteiger partial charge in [-0.25, -0.2) is 8.42 Å². The van der Waals surface area contributed by atoms with Crippen LogP contribution in [0.1, 0.15) is 25.2 Å². The smallest absolute Gasteiger partial charge is 0.148 e. The van der Waals surface area contributed by atoms with Crippen LogP contribution in [0.4, 0.5) is 0 Å². The maximum atomic E-state index is 11.2. The summed E-state index contributed by atoms with van der Waals surface area (Å²) in [7, 11) is -3.04. The van der Waals surface area contributed by atoms with E-state index >= 15 is 0 Å². The third kappa shape index (κ3) is 4.07. The minimum absolute atomic E-state index is 0.00417. The first-order valence-electron chi connectivity index (χ1n) is 5.95. The minimum Gasteiger partial charge on any atom is -0.326 e. The van der Waals surface area contributed by atoms with Crippen molar-refractivity contribution in [3.8, 4) is 0 Å². The Morgan fingerprint density at radius 2 is 2.06 bits per heavy atom. The molecule has 104 valence electrons. The van der Waals surface area contributed by atoms with Crippen molar-refractivity contribution in [2.75, 3.05) is 12.0 Å². The van der Waals surface area contributed by atoms with Gasteiger partial charge in [0.05, 0.1) is 21.6 Å². The number of hydrogen-bond acceptors (Lipinski definition) is 4. The fourth-order valence-corrected chi connectivity index (χ4v) is 3.53. The lowest BCUT2D eigenvalue weighted by atomic mass is 10.2. The lowest BCUT2D eigenvalue weighted by molar-refractivity contribution is 0.573. The lowest BCUT2D eigenvalue weighted by Crippen LogP contribution is -2.32. The predicted molar refractivity (Wildman–Crippen MR) is 76.4 cm³/mol. The summed E-state index contributed by atoms with van der Waals surface area (Å²) in [5.41, 5.74) is 7.86. The summed E-state index contributed by atoms with van der Waals surface area (Å²) in [5.74, 6) is -0.00417. The molecule has 0 aromatic carbocycles. The number of nitrogens with zero attached hydrogens (tertiary/aromatic N) is 2. The maximum Gasteiger partial charge on any atom is 0.148 e. The number of aryl methyl sites for hydroxylation is 2. The van der Waals surface area contributed by atoms with Crippen molar-refractivity contribution >= 4 is 25.8 Å². The van der Waals surface area contributed by atoms with Crippen LogP contribution in [0.15, 0.2) is 4.47 Å². The van der Waals surface area contributed by atoms with Crippen LogP contribution in [-0.2, 0) is 29.2 Å². The molecular formula is C11H20BrN3O2S. The molecule has 1 aromatic heterocycles. The molecule has 2 N–H and O–H groups in total. The molecule has 0 bridgehead atoms. The highest BCUT2D eigenvalue weighted by Crippen LogP contribution is 2.23. The van der Waals surface area contributed by atoms with Crippen molar-refractivity contribution in [2.24, 2.45) is 5.73 Å². The summed E-state index contributed by atoms with van der Waals surface area (Å²) in [6, 6.07) is -0.400. The highest BCUT2D eigenvalue weighted by atomic mass is 79.9. The molecule has 5 nitrogen and oxygen atoms in total. The molecule has 0 spiro atoms. The number of hydrogen-bond donors (Lipinski definition) is 1. The Morgan fingerprint density at radius 3 is 2.50 bits per heavy atom. The van der Waals surface area contributed by atoms with E-state index in [1.807, 2.05) is 18.5 Å². The molecular weight excluding hydrogens is 318 g/mol. The summed E-state index contributed by atoms with van der Waals surface area (Å²) >= 11 is 3.52. The number of nitrogens with two attached hydrogens (primary N) is 1. The highest BCUT2D eigenvalue weighted by molar-refractivity contribution is 9.10. The van der Waals surface area contributed by atoms with E-state index in [1.165, 1.54) is 6.26 Å². The standard InChI is InChI=1S/C11H20BrN3O2S/c1-4-9-11(12)10(15(5-2)14-9)6-8(13)7-18(3,16)17/h8H,4-7,13H2,1-3H3. The SMILES string of the molecule is CCc1nn(CC)c(CC(N)CS(C)(=O)=O)c1Br. The Bertz CT molecular complexity index is 511. The molecule has 0 aliphatic carbocycles. The van der Waals surface area contributed by atoms with E-state index in [0.29, 0.717) is 6.42 Å². The summed E-state index contributed by atoms with van der Waals surface area (Å²) < 4.78 is 25.3. The molecule has 0 aliphatic rings. The molecule has 0 fully saturated rings. The third-order valence-corrected chi connectivity index (χ3v) is 4.62. The minimum atomic E-state index is -3.04. The summed E-state index contributed by atoms with van der Waals surface area (Å²) in [4.78, 5) is 0. The Kier molecular flexibility index (Phi) is 5.36. The van der Waals surface area contributed by atoms with E-state index in [1.54, 1.807) is 0 Å². The molecule has 0 radical (unpaired) electrons. The zero-order valence-electron chi connectivity index (χ0n) is 11.0. The van der Waals surface area contributed by atoms with Gasteiger partial charge in [0.25, 0.3) is 0 Å². The van der Waals surface area contributed by atoms with Gasteiger partial charge in [-0.05, 0) is 29.3 Å². The second-order valence-electron chi connectivity index (χ2n) is 4.43. The molecule has 1 heterocycles. The Morgan fingerprint density at radius 1 is 1.44 bits per heavy atom. The first-order valence-corrected chi connectivity index (χ1v) is 8.81. The molecule has 1 unspecified atom stereocenters. The largest absolute Gasteiger partial charge is 0.326 e. The Labute approximate surface area is 117 Å². The monoisotopic (exact) mass is 337 g/mol. The van der Waals surface area contributed by atoms with Gasteiger partial charge in [-0.2, -0.15) is 5.10 Å². The van der Waals surface area contributed by atoms with E-state index in [0.717, 1.165) is 28.8 Å².